The maximum absolute atomic E-state index is 14.0. The van der Waals surface area contributed by atoms with Gasteiger partial charge in [-0.15, -0.1) is 11.8 Å². The molecule has 1 aliphatic rings. The molecule has 152 valence electrons. The van der Waals surface area contributed by atoms with E-state index < -0.39 is 44.6 Å². The van der Waals surface area contributed by atoms with E-state index in [-0.39, 0.29) is 24.2 Å². The summed E-state index contributed by atoms with van der Waals surface area (Å²) < 4.78 is 64.8. The van der Waals surface area contributed by atoms with Crippen LogP contribution in [0.15, 0.2) is 9.79 Å². The number of rotatable bonds is 8. The van der Waals surface area contributed by atoms with Gasteiger partial charge in [-0.3, -0.25) is 9.83 Å². The minimum absolute atomic E-state index is 0.131. The molecule has 0 amide bonds. The van der Waals surface area contributed by atoms with Crippen molar-refractivity contribution in [1.29, 1.82) is 0 Å². The van der Waals surface area contributed by atoms with Gasteiger partial charge in [-0.1, -0.05) is 6.42 Å². The molecule has 1 aromatic rings. The monoisotopic (exact) mass is 429 g/mol. The Morgan fingerprint density at radius 1 is 1.04 bits per heavy atom. The lowest BCUT2D eigenvalue weighted by atomic mass is 9.86. The SMILES string of the molecule is CC1(OC(=O)CCSc2c(F)c(F)c(SOO[O-])c(F)c2F)CCCCC1. The van der Waals surface area contributed by atoms with Crippen LogP contribution in [0.4, 0.5) is 17.6 Å². The molecule has 0 spiro atoms. The Balaban J connectivity index is 1.98. The third kappa shape index (κ3) is 5.74. The van der Waals surface area contributed by atoms with Crippen molar-refractivity contribution in [1.82, 2.24) is 0 Å². The molecule has 0 N–H and O–H groups in total. The first-order valence-corrected chi connectivity index (χ1v) is 9.85. The summed E-state index contributed by atoms with van der Waals surface area (Å²) >= 11 is 0.160. The summed E-state index contributed by atoms with van der Waals surface area (Å²) in [7, 11) is 0. The quantitative estimate of drug-likeness (QED) is 0.117. The Morgan fingerprint density at radius 2 is 1.59 bits per heavy atom. The zero-order valence-corrected chi connectivity index (χ0v) is 16.0. The van der Waals surface area contributed by atoms with E-state index in [0.717, 1.165) is 32.1 Å². The lowest BCUT2D eigenvalue weighted by Gasteiger charge is -2.33. The van der Waals surface area contributed by atoms with Gasteiger partial charge in [-0.2, -0.15) is 4.33 Å². The van der Waals surface area contributed by atoms with Crippen molar-refractivity contribution in [2.75, 3.05) is 5.75 Å². The molecule has 5 nitrogen and oxygen atoms in total. The topological polar surface area (TPSA) is 67.8 Å². The van der Waals surface area contributed by atoms with Crippen LogP contribution in [0, 0.1) is 23.3 Å². The summed E-state index contributed by atoms with van der Waals surface area (Å²) in [5.74, 6) is -7.42. The highest BCUT2D eigenvalue weighted by Crippen LogP contribution is 2.37. The fourth-order valence-corrected chi connectivity index (χ4v) is 4.13. The van der Waals surface area contributed by atoms with E-state index in [1.165, 1.54) is 0 Å². The summed E-state index contributed by atoms with van der Waals surface area (Å²) in [6.07, 6.45) is 4.32. The molecule has 0 aromatic heterocycles. The molecule has 1 aliphatic carbocycles. The number of benzene rings is 1. The second kappa shape index (κ2) is 9.97. The summed E-state index contributed by atoms with van der Waals surface area (Å²) in [4.78, 5) is 9.85. The molecule has 0 saturated heterocycles. The van der Waals surface area contributed by atoms with E-state index >= 15 is 0 Å². The minimum atomic E-state index is -1.73. The first-order chi connectivity index (χ1) is 12.8. The lowest BCUT2D eigenvalue weighted by Crippen LogP contribution is -2.34. The summed E-state index contributed by atoms with van der Waals surface area (Å²) in [6.45, 7) is 1.84. The number of carbonyl (C=O) groups is 1. The zero-order chi connectivity index (χ0) is 20.0. The van der Waals surface area contributed by atoms with Gasteiger partial charge in [0.25, 0.3) is 0 Å². The predicted octanol–water partition coefficient (Wildman–Crippen LogP) is 4.22. The van der Waals surface area contributed by atoms with E-state index in [2.05, 4.69) is 9.37 Å². The van der Waals surface area contributed by atoms with Crippen LogP contribution in [-0.4, -0.2) is 17.3 Å². The van der Waals surface area contributed by atoms with Crippen molar-refractivity contribution in [3.05, 3.63) is 23.3 Å². The Labute approximate surface area is 161 Å². The molecule has 1 saturated carbocycles. The van der Waals surface area contributed by atoms with E-state index in [9.17, 15) is 27.6 Å². The van der Waals surface area contributed by atoms with Gasteiger partial charge in [-0.25, -0.2) is 17.6 Å². The van der Waals surface area contributed by atoms with Crippen LogP contribution in [-0.2, 0) is 18.9 Å². The molecule has 11 heteroatoms. The molecule has 0 atom stereocenters. The third-order valence-electron chi connectivity index (χ3n) is 4.15. The number of carbonyl (C=O) groups excluding carboxylic acids is 1. The van der Waals surface area contributed by atoms with Crippen LogP contribution >= 0.6 is 23.8 Å². The highest BCUT2D eigenvalue weighted by Gasteiger charge is 2.31. The molecular weight excluding hydrogens is 412 g/mol. The average molecular weight is 429 g/mol. The maximum atomic E-state index is 14.0. The molecule has 1 fully saturated rings. The van der Waals surface area contributed by atoms with Crippen molar-refractivity contribution in [3.63, 3.8) is 0 Å². The molecule has 0 unspecified atom stereocenters. The van der Waals surface area contributed by atoms with Gasteiger partial charge in [0.15, 0.2) is 23.3 Å². The summed E-state index contributed by atoms with van der Waals surface area (Å²) in [6, 6.07) is 0. The molecule has 0 bridgehead atoms. The van der Waals surface area contributed by atoms with Gasteiger partial charge in [0.1, 0.15) is 10.5 Å². The maximum Gasteiger partial charge on any atom is 0.307 e. The number of ether oxygens (including phenoxy) is 1. The molecule has 0 aliphatic heterocycles. The Hall–Kier alpha value is -1.01. The number of hydrogen-bond acceptors (Lipinski definition) is 7. The Bertz CT molecular complexity index is 654. The molecule has 2 rings (SSSR count). The predicted molar refractivity (Wildman–Crippen MR) is 87.2 cm³/mol. The third-order valence-corrected chi connectivity index (χ3v) is 5.86. The van der Waals surface area contributed by atoms with Crippen LogP contribution in [0.3, 0.4) is 0 Å². The highest BCUT2D eigenvalue weighted by atomic mass is 32.2. The Morgan fingerprint density at radius 3 is 2.15 bits per heavy atom. The van der Waals surface area contributed by atoms with Gasteiger partial charge >= 0.3 is 5.97 Å². The normalized spacial score (nSPS) is 16.4. The van der Waals surface area contributed by atoms with Crippen LogP contribution in [0.2, 0.25) is 0 Å². The average Bonchev–Trinajstić information content (AvgIpc) is 2.63. The van der Waals surface area contributed by atoms with Crippen LogP contribution in [0.5, 0.6) is 0 Å². The number of hydrogen-bond donors (Lipinski definition) is 0. The van der Waals surface area contributed by atoms with Gasteiger partial charge < -0.3 is 9.99 Å². The van der Waals surface area contributed by atoms with Crippen molar-refractivity contribution in [2.24, 2.45) is 0 Å². The molecular formula is C16H17F4O5S2-. The number of halogens is 4. The fourth-order valence-electron chi connectivity index (χ4n) is 2.80. The zero-order valence-electron chi connectivity index (χ0n) is 14.3. The largest absolute Gasteiger partial charge is 0.691 e. The van der Waals surface area contributed by atoms with E-state index in [1.54, 1.807) is 0 Å². The minimum Gasteiger partial charge on any atom is -0.691 e. The van der Waals surface area contributed by atoms with Crippen molar-refractivity contribution in [2.45, 2.75) is 60.8 Å². The molecule has 27 heavy (non-hydrogen) atoms. The van der Waals surface area contributed by atoms with Gasteiger partial charge in [0.05, 0.1) is 23.4 Å². The second-order valence-electron chi connectivity index (χ2n) is 6.22. The summed E-state index contributed by atoms with van der Waals surface area (Å²) in [5, 5.41) is 12.6. The van der Waals surface area contributed by atoms with Crippen molar-refractivity contribution >= 4 is 29.8 Å². The summed E-state index contributed by atoms with van der Waals surface area (Å²) in [5.41, 5.74) is -0.544. The van der Waals surface area contributed by atoms with Crippen LogP contribution < -0.4 is 5.26 Å². The Kier molecular flexibility index (Phi) is 8.22. The lowest BCUT2D eigenvalue weighted by molar-refractivity contribution is -0.777. The van der Waals surface area contributed by atoms with Crippen LogP contribution in [0.25, 0.3) is 0 Å². The van der Waals surface area contributed by atoms with Crippen molar-refractivity contribution in [3.8, 4) is 0 Å². The molecule has 1 aromatic carbocycles. The number of esters is 1. The highest BCUT2D eigenvalue weighted by molar-refractivity contribution is 7.99. The van der Waals surface area contributed by atoms with Crippen molar-refractivity contribution < 1.29 is 41.7 Å². The second-order valence-corrected chi connectivity index (χ2v) is 8.03. The fraction of sp³-hybridized carbons (Fsp3) is 0.562. The molecule has 0 radical (unpaired) electrons. The van der Waals surface area contributed by atoms with Gasteiger partial charge in [0, 0.05) is 5.75 Å². The van der Waals surface area contributed by atoms with Crippen LogP contribution in [0.1, 0.15) is 45.4 Å². The standard InChI is InChI=1S/C16H18F4O5S2/c1-16(6-3-2-4-7-16)23-9(21)5-8-26-14-10(17)12(19)15(27-25-24-22)13(20)11(14)18/h22H,2-8H2,1H3/p-1. The van der Waals surface area contributed by atoms with E-state index in [0.29, 0.717) is 11.8 Å². The van der Waals surface area contributed by atoms with Gasteiger partial charge in [-0.05, 0) is 32.6 Å². The first kappa shape index (κ1) is 22.3. The first-order valence-electron chi connectivity index (χ1n) is 8.13. The smallest absolute Gasteiger partial charge is 0.307 e. The van der Waals surface area contributed by atoms with Gasteiger partial charge in [0.2, 0.25) is 0 Å². The van der Waals surface area contributed by atoms with E-state index in [4.69, 9.17) is 4.74 Å². The molecule has 0 heterocycles. The number of thioether (sulfide) groups is 1. The van der Waals surface area contributed by atoms with E-state index in [1.807, 2.05) is 6.92 Å².